The van der Waals surface area contributed by atoms with Crippen molar-refractivity contribution in [1.29, 1.82) is 0 Å². The lowest BCUT2D eigenvalue weighted by Crippen LogP contribution is -2.41. The zero-order valence-electron chi connectivity index (χ0n) is 14.6. The third-order valence-corrected chi connectivity index (χ3v) is 4.54. The molecule has 2 aromatic heterocycles. The molecule has 0 bridgehead atoms. The molecule has 1 atom stereocenters. The summed E-state index contributed by atoms with van der Waals surface area (Å²) in [6.45, 7) is 7.60. The number of nitrogens with one attached hydrogen (secondary N) is 1. The molecule has 3 rings (SSSR count). The molecule has 0 radical (unpaired) electrons. The summed E-state index contributed by atoms with van der Waals surface area (Å²) in [7, 11) is 1.92. The van der Waals surface area contributed by atoms with Crippen LogP contribution in [0.5, 0.6) is 0 Å². The average Bonchev–Trinajstić information content (AvgIpc) is 3.13. The van der Waals surface area contributed by atoms with Gasteiger partial charge >= 0.3 is 0 Å². The Labute approximate surface area is 148 Å². The number of aryl methyl sites for hydroxylation is 1. The summed E-state index contributed by atoms with van der Waals surface area (Å²) in [6, 6.07) is 2.16. The van der Waals surface area contributed by atoms with Gasteiger partial charge < -0.3 is 14.7 Å². The topological polar surface area (TPSA) is 71.3 Å². The van der Waals surface area contributed by atoms with Crippen LogP contribution in [0.15, 0.2) is 10.6 Å². The van der Waals surface area contributed by atoms with E-state index in [0.717, 1.165) is 42.7 Å². The first-order valence-electron chi connectivity index (χ1n) is 8.25. The second kappa shape index (κ2) is 7.49. The molecular formula is C17H25ClN4O2. The summed E-state index contributed by atoms with van der Waals surface area (Å²) in [5.74, 6) is 0.284. The lowest BCUT2D eigenvalue weighted by molar-refractivity contribution is 0.0738. The van der Waals surface area contributed by atoms with E-state index in [1.54, 1.807) is 0 Å². The van der Waals surface area contributed by atoms with Crippen LogP contribution in [0.2, 0.25) is 0 Å². The van der Waals surface area contributed by atoms with Crippen molar-refractivity contribution >= 4 is 29.4 Å². The predicted octanol–water partition coefficient (Wildman–Crippen LogP) is 2.90. The third-order valence-electron chi connectivity index (χ3n) is 4.54. The smallest absolute Gasteiger partial charge is 0.259 e. The number of amides is 1. The van der Waals surface area contributed by atoms with Crippen molar-refractivity contribution in [2.75, 3.05) is 20.1 Å². The summed E-state index contributed by atoms with van der Waals surface area (Å²) in [5, 5.41) is 7.93. The lowest BCUT2D eigenvalue weighted by Gasteiger charge is -2.25. The van der Waals surface area contributed by atoms with E-state index in [-0.39, 0.29) is 30.3 Å². The van der Waals surface area contributed by atoms with Crippen molar-refractivity contribution in [2.45, 2.75) is 45.6 Å². The Bertz CT molecular complexity index is 729. The van der Waals surface area contributed by atoms with E-state index in [4.69, 9.17) is 4.52 Å². The first-order chi connectivity index (χ1) is 11.0. The van der Waals surface area contributed by atoms with Crippen molar-refractivity contribution in [3.8, 4) is 0 Å². The van der Waals surface area contributed by atoms with Crippen LogP contribution in [-0.2, 0) is 0 Å². The maximum atomic E-state index is 13.2. The molecule has 0 spiro atoms. The highest BCUT2D eigenvalue weighted by Crippen LogP contribution is 2.28. The van der Waals surface area contributed by atoms with Crippen LogP contribution in [0.25, 0.3) is 11.1 Å². The minimum absolute atomic E-state index is 0. The Balaban J connectivity index is 0.00000208. The van der Waals surface area contributed by atoms with Crippen LogP contribution in [0.3, 0.4) is 0 Å². The lowest BCUT2D eigenvalue weighted by atomic mass is 10.0. The van der Waals surface area contributed by atoms with E-state index in [1.807, 2.05) is 24.9 Å². The number of carbonyl (C=O) groups excluding carboxylic acids is 1. The van der Waals surface area contributed by atoms with Gasteiger partial charge in [-0.3, -0.25) is 4.79 Å². The molecule has 1 aliphatic rings. The van der Waals surface area contributed by atoms with Gasteiger partial charge in [0.25, 0.3) is 11.6 Å². The third kappa shape index (κ3) is 3.26. The van der Waals surface area contributed by atoms with Crippen molar-refractivity contribution in [1.82, 2.24) is 20.4 Å². The van der Waals surface area contributed by atoms with Gasteiger partial charge in [-0.25, -0.2) is 4.98 Å². The van der Waals surface area contributed by atoms with Gasteiger partial charge in [0, 0.05) is 24.8 Å². The van der Waals surface area contributed by atoms with Gasteiger partial charge in [-0.05, 0) is 38.8 Å². The van der Waals surface area contributed by atoms with Gasteiger partial charge in [0.2, 0.25) is 0 Å². The van der Waals surface area contributed by atoms with Gasteiger partial charge in [-0.15, -0.1) is 12.4 Å². The number of pyridine rings is 1. The largest absolute Gasteiger partial charge is 0.336 e. The van der Waals surface area contributed by atoms with E-state index in [2.05, 4.69) is 29.3 Å². The molecule has 6 nitrogen and oxygen atoms in total. The van der Waals surface area contributed by atoms with Gasteiger partial charge in [0.1, 0.15) is 0 Å². The standard InChI is InChI=1S/C17H24N4O2.ClH/c1-10(2)14-8-13(15-11(3)20-23-16(15)19-14)17(22)21-7-5-6-12(21)9-18-4;/h8,10,12,18H,5-7,9H2,1-4H3;1H. The molecule has 3 heterocycles. The SMILES string of the molecule is CNCC1CCCN1C(=O)c1cc(C(C)C)nc2onc(C)c12.Cl. The molecule has 1 amide bonds. The number of halogens is 1. The number of nitrogens with zero attached hydrogens (tertiary/aromatic N) is 3. The van der Waals surface area contributed by atoms with Crippen LogP contribution in [-0.4, -0.2) is 47.1 Å². The summed E-state index contributed by atoms with van der Waals surface area (Å²) in [4.78, 5) is 19.7. The van der Waals surface area contributed by atoms with Crippen LogP contribution < -0.4 is 5.32 Å². The molecule has 1 aliphatic heterocycles. The Kier molecular flexibility index (Phi) is 5.83. The summed E-state index contributed by atoms with van der Waals surface area (Å²) < 4.78 is 5.32. The summed E-state index contributed by atoms with van der Waals surface area (Å²) >= 11 is 0. The van der Waals surface area contributed by atoms with E-state index in [1.165, 1.54) is 0 Å². The fourth-order valence-electron chi connectivity index (χ4n) is 3.28. The maximum absolute atomic E-state index is 13.2. The van der Waals surface area contributed by atoms with E-state index in [0.29, 0.717) is 11.3 Å². The molecule has 1 fully saturated rings. The second-order valence-corrected chi connectivity index (χ2v) is 6.55. The first kappa shape index (κ1) is 18.7. The highest BCUT2D eigenvalue weighted by atomic mass is 35.5. The van der Waals surface area contributed by atoms with Gasteiger partial charge in [-0.1, -0.05) is 19.0 Å². The minimum Gasteiger partial charge on any atom is -0.336 e. The fraction of sp³-hybridized carbons (Fsp3) is 0.588. The quantitative estimate of drug-likeness (QED) is 0.916. The van der Waals surface area contributed by atoms with Crippen LogP contribution in [0.1, 0.15) is 54.4 Å². The molecule has 2 aromatic rings. The van der Waals surface area contributed by atoms with Gasteiger partial charge in [0.15, 0.2) is 0 Å². The van der Waals surface area contributed by atoms with E-state index < -0.39 is 0 Å². The summed E-state index contributed by atoms with van der Waals surface area (Å²) in [5.41, 5.74) is 2.71. The second-order valence-electron chi connectivity index (χ2n) is 6.55. The van der Waals surface area contributed by atoms with Crippen LogP contribution >= 0.6 is 12.4 Å². The summed E-state index contributed by atoms with van der Waals surface area (Å²) in [6.07, 6.45) is 2.09. The Morgan fingerprint density at radius 1 is 1.50 bits per heavy atom. The first-order valence-corrected chi connectivity index (χ1v) is 8.25. The van der Waals surface area contributed by atoms with E-state index in [9.17, 15) is 4.79 Å². The zero-order valence-corrected chi connectivity index (χ0v) is 15.4. The van der Waals surface area contributed by atoms with Crippen molar-refractivity contribution in [3.05, 3.63) is 23.0 Å². The van der Waals surface area contributed by atoms with Crippen molar-refractivity contribution in [2.24, 2.45) is 0 Å². The number of aromatic nitrogens is 2. The Hall–Kier alpha value is -1.66. The number of hydrogen-bond acceptors (Lipinski definition) is 5. The van der Waals surface area contributed by atoms with Crippen LogP contribution in [0.4, 0.5) is 0 Å². The number of fused-ring (bicyclic) bond motifs is 1. The highest BCUT2D eigenvalue weighted by Gasteiger charge is 2.31. The molecule has 132 valence electrons. The van der Waals surface area contributed by atoms with Gasteiger partial charge in [-0.2, -0.15) is 0 Å². The predicted molar refractivity (Wildman–Crippen MR) is 95.9 cm³/mol. The monoisotopic (exact) mass is 352 g/mol. The highest BCUT2D eigenvalue weighted by molar-refractivity contribution is 6.06. The molecule has 0 aromatic carbocycles. The molecular weight excluding hydrogens is 328 g/mol. The minimum atomic E-state index is 0. The molecule has 1 unspecified atom stereocenters. The molecule has 1 saturated heterocycles. The Morgan fingerprint density at radius 3 is 2.92 bits per heavy atom. The molecule has 0 saturated carbocycles. The Morgan fingerprint density at radius 2 is 2.25 bits per heavy atom. The molecule has 24 heavy (non-hydrogen) atoms. The fourth-order valence-corrected chi connectivity index (χ4v) is 3.28. The zero-order chi connectivity index (χ0) is 16.6. The average molecular weight is 353 g/mol. The van der Waals surface area contributed by atoms with Crippen LogP contribution in [0, 0.1) is 6.92 Å². The maximum Gasteiger partial charge on any atom is 0.259 e. The van der Waals surface area contributed by atoms with Crippen molar-refractivity contribution in [3.63, 3.8) is 0 Å². The number of carbonyl (C=O) groups is 1. The number of hydrogen-bond donors (Lipinski definition) is 1. The molecule has 0 aliphatic carbocycles. The van der Waals surface area contributed by atoms with E-state index >= 15 is 0 Å². The van der Waals surface area contributed by atoms with Gasteiger partial charge in [0.05, 0.1) is 16.6 Å². The molecule has 7 heteroatoms. The number of likely N-dealkylation sites (N-methyl/N-ethyl adjacent to an activating group) is 1. The number of likely N-dealkylation sites (tertiary alicyclic amines) is 1. The van der Waals surface area contributed by atoms with Crippen molar-refractivity contribution < 1.29 is 9.32 Å². The number of rotatable bonds is 4. The molecule has 1 N–H and O–H groups in total. The normalized spacial score (nSPS) is 17.5.